The maximum atomic E-state index is 13.5. The van der Waals surface area contributed by atoms with E-state index in [0.717, 1.165) is 23.1 Å². The van der Waals surface area contributed by atoms with Gasteiger partial charge < -0.3 is 14.6 Å². The Morgan fingerprint density at radius 1 is 1.14 bits per heavy atom. The number of thiazole rings is 1. The van der Waals surface area contributed by atoms with Crippen LogP contribution in [0, 0.1) is 5.92 Å². The van der Waals surface area contributed by atoms with Crippen LogP contribution < -0.4 is 16.1 Å². The number of carbonyl (C=O) groups excluding carboxylic acids is 2. The summed E-state index contributed by atoms with van der Waals surface area (Å²) in [6.45, 7) is 8.52. The molecule has 0 aliphatic heterocycles. The van der Waals surface area contributed by atoms with E-state index in [2.05, 4.69) is 34.4 Å². The van der Waals surface area contributed by atoms with Crippen LogP contribution in [0.15, 0.2) is 46.8 Å². The molecular formula is C29H30F3N5O4S. The molecule has 1 aromatic carbocycles. The Hall–Kier alpha value is -4.26. The number of alkyl halides is 3. The molecule has 0 saturated carbocycles. The van der Waals surface area contributed by atoms with Crippen molar-refractivity contribution in [1.29, 1.82) is 0 Å². The van der Waals surface area contributed by atoms with Crippen LogP contribution in [0.5, 0.6) is 0 Å². The topological polar surface area (TPSA) is 115 Å². The molecule has 13 heteroatoms. The minimum Gasteiger partial charge on any atom is -0.462 e. The van der Waals surface area contributed by atoms with Gasteiger partial charge in [0.05, 0.1) is 12.1 Å². The third-order valence-corrected chi connectivity index (χ3v) is 7.22. The Balaban J connectivity index is 1.91. The molecule has 3 aromatic heterocycles. The Morgan fingerprint density at radius 2 is 1.90 bits per heavy atom. The summed E-state index contributed by atoms with van der Waals surface area (Å²) in [6.07, 6.45) is -0.938. The zero-order valence-corrected chi connectivity index (χ0v) is 24.3. The van der Waals surface area contributed by atoms with Gasteiger partial charge in [-0.2, -0.15) is 13.2 Å². The van der Waals surface area contributed by atoms with Gasteiger partial charge in [-0.1, -0.05) is 19.9 Å². The molecule has 0 saturated heterocycles. The van der Waals surface area contributed by atoms with Crippen molar-refractivity contribution in [2.45, 2.75) is 46.8 Å². The van der Waals surface area contributed by atoms with Crippen molar-refractivity contribution in [3.05, 3.63) is 63.5 Å². The molecule has 4 rings (SSSR count). The Labute approximate surface area is 243 Å². The third kappa shape index (κ3) is 6.78. The molecule has 0 spiro atoms. The van der Waals surface area contributed by atoms with Gasteiger partial charge in [0.2, 0.25) is 5.43 Å². The van der Waals surface area contributed by atoms with Crippen LogP contribution in [0.4, 0.5) is 23.8 Å². The van der Waals surface area contributed by atoms with Crippen molar-refractivity contribution in [3.8, 4) is 21.7 Å². The first-order valence-electron chi connectivity index (χ1n) is 13.4. The van der Waals surface area contributed by atoms with E-state index in [1.165, 1.54) is 18.5 Å². The van der Waals surface area contributed by atoms with E-state index in [9.17, 15) is 27.6 Å². The van der Waals surface area contributed by atoms with Crippen molar-refractivity contribution in [2.75, 3.05) is 18.5 Å². The molecule has 0 unspecified atom stereocenters. The zero-order chi connectivity index (χ0) is 30.6. The number of hydrogen-bond donors (Lipinski definition) is 2. The highest BCUT2D eigenvalue weighted by atomic mass is 32.1. The number of esters is 1. The molecule has 3 heterocycles. The third-order valence-electron chi connectivity index (χ3n) is 6.34. The molecule has 2 N–H and O–H groups in total. The largest absolute Gasteiger partial charge is 0.462 e. The van der Waals surface area contributed by atoms with E-state index in [0.29, 0.717) is 35.7 Å². The molecule has 0 aliphatic carbocycles. The van der Waals surface area contributed by atoms with Crippen molar-refractivity contribution < 1.29 is 27.5 Å². The molecule has 4 aromatic rings. The number of benzene rings is 1. The maximum absolute atomic E-state index is 13.5. The number of carbonyl (C=O) groups is 2. The number of amides is 2. The van der Waals surface area contributed by atoms with Crippen LogP contribution in [-0.4, -0.2) is 39.7 Å². The summed E-state index contributed by atoms with van der Waals surface area (Å²) < 4.78 is 47.1. The number of fused-ring (bicyclic) bond motifs is 1. The summed E-state index contributed by atoms with van der Waals surface area (Å²) in [5.74, 6) is -0.270. The highest BCUT2D eigenvalue weighted by Crippen LogP contribution is 2.39. The SMILES string of the molecule is CCNC(=O)Nc1cc(-c2nc(C(F)(F)F)cs2)c(-c2ccc3c(c2)c(=O)c(C(=O)OCC)cn3CCC(C)C)cn1. The van der Waals surface area contributed by atoms with E-state index >= 15 is 0 Å². The van der Waals surface area contributed by atoms with Crippen LogP contribution in [0.2, 0.25) is 0 Å². The number of anilines is 1. The lowest BCUT2D eigenvalue weighted by molar-refractivity contribution is -0.140. The number of ether oxygens (including phenoxy) is 1. The van der Waals surface area contributed by atoms with E-state index in [1.807, 2.05) is 4.57 Å². The van der Waals surface area contributed by atoms with Gasteiger partial charge in [-0.3, -0.25) is 10.1 Å². The average molecular weight is 602 g/mol. The van der Waals surface area contributed by atoms with Gasteiger partial charge in [0.15, 0.2) is 5.69 Å². The van der Waals surface area contributed by atoms with Crippen LogP contribution in [-0.2, 0) is 17.5 Å². The second-order valence-electron chi connectivity index (χ2n) is 9.84. The fourth-order valence-electron chi connectivity index (χ4n) is 4.28. The Bertz CT molecular complexity index is 1680. The lowest BCUT2D eigenvalue weighted by atomic mass is 9.99. The zero-order valence-electron chi connectivity index (χ0n) is 23.5. The quantitative estimate of drug-likeness (QED) is 0.210. The lowest BCUT2D eigenvalue weighted by Crippen LogP contribution is -2.28. The van der Waals surface area contributed by atoms with Gasteiger partial charge in [0.25, 0.3) is 0 Å². The lowest BCUT2D eigenvalue weighted by Gasteiger charge is -2.16. The number of rotatable bonds is 9. The Morgan fingerprint density at radius 3 is 2.55 bits per heavy atom. The molecular weight excluding hydrogens is 571 g/mol. The Kier molecular flexibility index (Phi) is 9.30. The predicted octanol–water partition coefficient (Wildman–Crippen LogP) is 6.57. The fraction of sp³-hybridized carbons (Fsp3) is 0.345. The summed E-state index contributed by atoms with van der Waals surface area (Å²) in [4.78, 5) is 46.3. The molecule has 0 atom stereocenters. The number of nitrogens with zero attached hydrogens (tertiary/aromatic N) is 3. The highest BCUT2D eigenvalue weighted by Gasteiger charge is 2.34. The summed E-state index contributed by atoms with van der Waals surface area (Å²) in [7, 11) is 0. The number of hydrogen-bond acceptors (Lipinski definition) is 7. The summed E-state index contributed by atoms with van der Waals surface area (Å²) in [5, 5.41) is 6.33. The minimum absolute atomic E-state index is 0.0494. The van der Waals surface area contributed by atoms with E-state index in [1.54, 1.807) is 32.0 Å². The number of nitrogens with one attached hydrogen (secondary N) is 2. The number of halogens is 3. The van der Waals surface area contributed by atoms with Gasteiger partial charge >= 0.3 is 18.2 Å². The number of urea groups is 1. The molecule has 9 nitrogen and oxygen atoms in total. The fourth-order valence-corrected chi connectivity index (χ4v) is 5.14. The summed E-state index contributed by atoms with van der Waals surface area (Å²) in [5.41, 5.74) is 0.0361. The molecule has 0 bridgehead atoms. The first-order chi connectivity index (χ1) is 19.9. The molecule has 0 radical (unpaired) electrons. The number of pyridine rings is 2. The van der Waals surface area contributed by atoms with Crippen LogP contribution in [0.1, 0.15) is 50.2 Å². The first-order valence-corrected chi connectivity index (χ1v) is 14.2. The van der Waals surface area contributed by atoms with Gasteiger partial charge in [0.1, 0.15) is 16.4 Å². The smallest absolute Gasteiger partial charge is 0.434 e. The van der Waals surface area contributed by atoms with Crippen molar-refractivity contribution >= 4 is 40.1 Å². The highest BCUT2D eigenvalue weighted by molar-refractivity contribution is 7.13. The number of aryl methyl sites for hydroxylation is 1. The standard InChI is InChI=1S/C29H30F3N5O4S/c1-5-33-28(40)36-24-12-18(26-35-23(15-42-26)29(30,31)32)20(13-34-24)17-7-8-22-19(11-17)25(38)21(27(39)41-6-2)14-37(22)10-9-16(3)4/h7-8,11-16H,5-6,9-10H2,1-4H3,(H2,33,34,36,40). The normalized spacial score (nSPS) is 11.6. The van der Waals surface area contributed by atoms with E-state index in [4.69, 9.17) is 4.74 Å². The van der Waals surface area contributed by atoms with Crippen LogP contribution in [0.3, 0.4) is 0 Å². The van der Waals surface area contributed by atoms with E-state index in [-0.39, 0.29) is 33.9 Å². The molecule has 0 fully saturated rings. The molecule has 2 amide bonds. The van der Waals surface area contributed by atoms with Crippen molar-refractivity contribution in [2.24, 2.45) is 5.92 Å². The first kappa shape index (κ1) is 30.7. The monoisotopic (exact) mass is 601 g/mol. The molecule has 0 aliphatic rings. The van der Waals surface area contributed by atoms with E-state index < -0.39 is 29.3 Å². The molecule has 42 heavy (non-hydrogen) atoms. The van der Waals surface area contributed by atoms with Crippen LogP contribution in [0.25, 0.3) is 32.6 Å². The predicted molar refractivity (Wildman–Crippen MR) is 156 cm³/mol. The van der Waals surface area contributed by atoms with Gasteiger partial charge in [0, 0.05) is 47.4 Å². The number of aromatic nitrogens is 3. The summed E-state index contributed by atoms with van der Waals surface area (Å²) >= 11 is 0.792. The second kappa shape index (κ2) is 12.7. The maximum Gasteiger partial charge on any atom is 0.434 e. The van der Waals surface area contributed by atoms with Gasteiger partial charge in [-0.25, -0.2) is 19.6 Å². The van der Waals surface area contributed by atoms with Gasteiger partial charge in [-0.05, 0) is 49.9 Å². The van der Waals surface area contributed by atoms with Crippen molar-refractivity contribution in [3.63, 3.8) is 0 Å². The molecule has 222 valence electrons. The second-order valence-corrected chi connectivity index (χ2v) is 10.7. The average Bonchev–Trinajstić information content (AvgIpc) is 3.44. The minimum atomic E-state index is -4.64. The van der Waals surface area contributed by atoms with Crippen molar-refractivity contribution in [1.82, 2.24) is 19.9 Å². The summed E-state index contributed by atoms with van der Waals surface area (Å²) in [6, 6.07) is 5.95. The van der Waals surface area contributed by atoms with Gasteiger partial charge in [-0.15, -0.1) is 11.3 Å². The van der Waals surface area contributed by atoms with Crippen LogP contribution >= 0.6 is 11.3 Å².